The van der Waals surface area contributed by atoms with E-state index >= 15 is 0 Å². The summed E-state index contributed by atoms with van der Waals surface area (Å²) in [6.07, 6.45) is -3.32. The standard InChI is InChI=1S/C9H11F3N2O/c1-8(2,3)14-4-6(5-15)7(13-14)9(10,11)12/h4-5H,1-3H3. The highest BCUT2D eigenvalue weighted by Crippen LogP contribution is 2.31. The Kier molecular flexibility index (Phi) is 2.63. The third-order valence-electron chi connectivity index (χ3n) is 1.83. The van der Waals surface area contributed by atoms with E-state index in [-0.39, 0.29) is 6.29 Å². The lowest BCUT2D eigenvalue weighted by molar-refractivity contribution is -0.141. The molecule has 0 saturated carbocycles. The van der Waals surface area contributed by atoms with Crippen LogP contribution >= 0.6 is 0 Å². The van der Waals surface area contributed by atoms with Crippen molar-refractivity contribution in [3.63, 3.8) is 0 Å². The van der Waals surface area contributed by atoms with E-state index in [0.29, 0.717) is 0 Å². The molecule has 0 aromatic carbocycles. The summed E-state index contributed by atoms with van der Waals surface area (Å²) in [5.74, 6) is 0. The monoisotopic (exact) mass is 220 g/mol. The van der Waals surface area contributed by atoms with Crippen LogP contribution in [0.4, 0.5) is 13.2 Å². The minimum absolute atomic E-state index is 0.165. The lowest BCUT2D eigenvalue weighted by Gasteiger charge is -2.18. The van der Waals surface area contributed by atoms with Gasteiger partial charge in [0, 0.05) is 6.20 Å². The number of carbonyl (C=O) groups excluding carboxylic acids is 1. The van der Waals surface area contributed by atoms with Gasteiger partial charge in [-0.25, -0.2) is 0 Å². The fourth-order valence-electron chi connectivity index (χ4n) is 1.04. The Morgan fingerprint density at radius 3 is 2.13 bits per heavy atom. The van der Waals surface area contributed by atoms with Crippen molar-refractivity contribution in [1.29, 1.82) is 0 Å². The molecule has 15 heavy (non-hydrogen) atoms. The van der Waals surface area contributed by atoms with Crippen molar-refractivity contribution in [2.75, 3.05) is 0 Å². The molecule has 0 bridgehead atoms. The third-order valence-corrected chi connectivity index (χ3v) is 1.83. The summed E-state index contributed by atoms with van der Waals surface area (Å²) in [6, 6.07) is 0. The number of aldehydes is 1. The lowest BCUT2D eigenvalue weighted by Crippen LogP contribution is -2.23. The summed E-state index contributed by atoms with van der Waals surface area (Å²) in [5.41, 5.74) is -2.15. The Bertz CT molecular complexity index is 374. The Hall–Kier alpha value is -1.33. The van der Waals surface area contributed by atoms with Crippen molar-refractivity contribution in [3.05, 3.63) is 17.5 Å². The topological polar surface area (TPSA) is 34.9 Å². The molecule has 0 aliphatic carbocycles. The van der Waals surface area contributed by atoms with Crippen molar-refractivity contribution in [2.24, 2.45) is 0 Å². The molecular formula is C9H11F3N2O. The number of rotatable bonds is 1. The van der Waals surface area contributed by atoms with Crippen LogP contribution in [0.2, 0.25) is 0 Å². The van der Waals surface area contributed by atoms with E-state index in [0.717, 1.165) is 10.9 Å². The molecule has 0 aliphatic rings. The van der Waals surface area contributed by atoms with Gasteiger partial charge in [-0.1, -0.05) is 0 Å². The molecule has 1 heterocycles. The Morgan fingerprint density at radius 1 is 1.33 bits per heavy atom. The first-order valence-corrected chi connectivity index (χ1v) is 4.29. The normalized spacial score (nSPS) is 12.9. The summed E-state index contributed by atoms with van der Waals surface area (Å²) in [5, 5.41) is 3.38. The molecule has 6 heteroatoms. The van der Waals surface area contributed by atoms with Crippen molar-refractivity contribution in [2.45, 2.75) is 32.5 Å². The molecule has 3 nitrogen and oxygen atoms in total. The fourth-order valence-corrected chi connectivity index (χ4v) is 1.04. The zero-order valence-corrected chi connectivity index (χ0v) is 8.59. The van der Waals surface area contributed by atoms with Crippen LogP contribution in [-0.2, 0) is 11.7 Å². The van der Waals surface area contributed by atoms with E-state index in [1.54, 1.807) is 20.8 Å². The molecule has 1 aromatic rings. The van der Waals surface area contributed by atoms with Crippen LogP contribution in [0.1, 0.15) is 36.8 Å². The summed E-state index contributed by atoms with van der Waals surface area (Å²) in [7, 11) is 0. The Morgan fingerprint density at radius 2 is 1.87 bits per heavy atom. The fraction of sp³-hybridized carbons (Fsp3) is 0.556. The maximum Gasteiger partial charge on any atom is 0.435 e. The number of carbonyl (C=O) groups is 1. The summed E-state index contributed by atoms with van der Waals surface area (Å²) >= 11 is 0. The lowest BCUT2D eigenvalue weighted by atomic mass is 10.1. The zero-order valence-electron chi connectivity index (χ0n) is 8.59. The molecule has 0 aliphatic heterocycles. The quantitative estimate of drug-likeness (QED) is 0.681. The van der Waals surface area contributed by atoms with Crippen molar-refractivity contribution >= 4 is 6.29 Å². The van der Waals surface area contributed by atoms with Crippen LogP contribution in [0.15, 0.2) is 6.20 Å². The molecule has 0 N–H and O–H groups in total. The van der Waals surface area contributed by atoms with E-state index in [1.807, 2.05) is 0 Å². The second kappa shape index (κ2) is 3.36. The molecular weight excluding hydrogens is 209 g/mol. The molecule has 0 radical (unpaired) electrons. The van der Waals surface area contributed by atoms with Crippen LogP contribution < -0.4 is 0 Å². The highest BCUT2D eigenvalue weighted by molar-refractivity contribution is 5.76. The van der Waals surface area contributed by atoms with E-state index in [9.17, 15) is 18.0 Å². The average molecular weight is 220 g/mol. The SMILES string of the molecule is CC(C)(C)n1cc(C=O)c(C(F)(F)F)n1. The van der Waals surface area contributed by atoms with Gasteiger partial charge in [0.05, 0.1) is 11.1 Å². The van der Waals surface area contributed by atoms with E-state index in [2.05, 4.69) is 5.10 Å². The van der Waals surface area contributed by atoms with Gasteiger partial charge in [0.1, 0.15) is 0 Å². The first kappa shape index (κ1) is 11.7. The van der Waals surface area contributed by atoms with Gasteiger partial charge in [-0.05, 0) is 20.8 Å². The molecule has 0 atom stereocenters. The van der Waals surface area contributed by atoms with Crippen molar-refractivity contribution in [3.8, 4) is 0 Å². The minimum atomic E-state index is -4.59. The Balaban J connectivity index is 3.30. The summed E-state index contributed by atoms with van der Waals surface area (Å²) < 4.78 is 38.3. The van der Waals surface area contributed by atoms with Crippen LogP contribution in [-0.4, -0.2) is 16.1 Å². The molecule has 0 fully saturated rings. The first-order valence-electron chi connectivity index (χ1n) is 4.29. The second-order valence-electron chi connectivity index (χ2n) is 4.16. The van der Waals surface area contributed by atoms with Crippen LogP contribution in [0.3, 0.4) is 0 Å². The van der Waals surface area contributed by atoms with Gasteiger partial charge in [0.2, 0.25) is 0 Å². The van der Waals surface area contributed by atoms with Gasteiger partial charge in [-0.15, -0.1) is 0 Å². The summed E-state index contributed by atoms with van der Waals surface area (Å²) in [4.78, 5) is 10.5. The van der Waals surface area contributed by atoms with E-state index in [4.69, 9.17) is 0 Å². The molecule has 0 spiro atoms. The van der Waals surface area contributed by atoms with Gasteiger partial charge in [-0.3, -0.25) is 9.48 Å². The second-order valence-corrected chi connectivity index (χ2v) is 4.16. The maximum absolute atomic E-state index is 12.4. The van der Waals surface area contributed by atoms with E-state index in [1.165, 1.54) is 0 Å². The first-order chi connectivity index (χ1) is 6.66. The van der Waals surface area contributed by atoms with Crippen molar-refractivity contribution in [1.82, 2.24) is 9.78 Å². The largest absolute Gasteiger partial charge is 0.435 e. The third kappa shape index (κ3) is 2.37. The highest BCUT2D eigenvalue weighted by atomic mass is 19.4. The minimum Gasteiger partial charge on any atom is -0.298 e. The number of halogens is 3. The van der Waals surface area contributed by atoms with Gasteiger partial charge >= 0.3 is 6.18 Å². The predicted molar refractivity (Wildman–Crippen MR) is 47.6 cm³/mol. The number of hydrogen-bond acceptors (Lipinski definition) is 2. The highest BCUT2D eigenvalue weighted by Gasteiger charge is 2.38. The molecule has 1 rings (SSSR count). The van der Waals surface area contributed by atoms with Gasteiger partial charge in [0.15, 0.2) is 12.0 Å². The van der Waals surface area contributed by atoms with Crippen LogP contribution in [0.5, 0.6) is 0 Å². The van der Waals surface area contributed by atoms with Crippen LogP contribution in [0, 0.1) is 0 Å². The van der Waals surface area contributed by atoms with Gasteiger partial charge in [0.25, 0.3) is 0 Å². The number of alkyl halides is 3. The summed E-state index contributed by atoms with van der Waals surface area (Å²) in [6.45, 7) is 5.11. The molecule has 0 saturated heterocycles. The van der Waals surface area contributed by atoms with Gasteiger partial charge < -0.3 is 0 Å². The van der Waals surface area contributed by atoms with Crippen molar-refractivity contribution < 1.29 is 18.0 Å². The number of hydrogen-bond donors (Lipinski definition) is 0. The zero-order chi connectivity index (χ0) is 11.9. The molecule has 84 valence electrons. The van der Waals surface area contributed by atoms with E-state index < -0.39 is 23.0 Å². The van der Waals surface area contributed by atoms with Gasteiger partial charge in [-0.2, -0.15) is 18.3 Å². The average Bonchev–Trinajstić information content (AvgIpc) is 2.44. The molecule has 0 unspecified atom stereocenters. The number of aromatic nitrogens is 2. The predicted octanol–water partition coefficient (Wildman–Crippen LogP) is 2.47. The Labute approximate surface area is 84.9 Å². The molecule has 0 amide bonds. The maximum atomic E-state index is 12.4. The number of nitrogens with zero attached hydrogens (tertiary/aromatic N) is 2. The molecule has 1 aromatic heterocycles. The van der Waals surface area contributed by atoms with Crippen LogP contribution in [0.25, 0.3) is 0 Å². The smallest absolute Gasteiger partial charge is 0.298 e.